The molecular weight excluding hydrogens is 649 g/mol. The molecule has 11 heteroatoms. The summed E-state index contributed by atoms with van der Waals surface area (Å²) >= 11 is -4.12. The molecule has 0 unspecified atom stereocenters. The number of hydrogen-bond acceptors (Lipinski definition) is 6. The standard InChI is InChI=1S/C8H7O2.C7H5O2.CH4O.6CH3.H3N2O.Na.2Sn/c1-10-8(9)7-5-3-2-4-6-7;8-7(9)6-4-2-1-3-5-6;1-2;;;;;;;1-2-3;;;/h2-3,5-6H,1H3;1-2,4-5H,(H,8,9);2H,1H3;6*1H3;3H,1H2;;;/q;;;;;;;;;-1;+1;;. The van der Waals surface area contributed by atoms with Gasteiger partial charge < -0.3 is 21.7 Å². The number of esters is 1. The van der Waals surface area contributed by atoms with Gasteiger partial charge in [0.1, 0.15) is 0 Å². The van der Waals surface area contributed by atoms with Crippen LogP contribution in [0.4, 0.5) is 0 Å². The zero-order chi connectivity index (χ0) is 25.5. The molecule has 8 nitrogen and oxygen atoms in total. The van der Waals surface area contributed by atoms with E-state index in [1.165, 1.54) is 14.3 Å². The van der Waals surface area contributed by atoms with Gasteiger partial charge in [-0.25, -0.2) is 0 Å². The van der Waals surface area contributed by atoms with Crippen molar-refractivity contribution in [3.05, 3.63) is 65.2 Å². The minimum Gasteiger partial charge on any atom is 1.00 e. The summed E-state index contributed by atoms with van der Waals surface area (Å²) in [5, 5.41) is 22.8. The second-order valence-corrected chi connectivity index (χ2v) is 37.6. The number of benzene rings is 2. The third-order valence-electron chi connectivity index (χ3n) is 4.13. The van der Waals surface area contributed by atoms with E-state index < -0.39 is 42.7 Å². The quantitative estimate of drug-likeness (QED) is 0.156. The van der Waals surface area contributed by atoms with Gasteiger partial charge in [0.2, 0.25) is 0 Å². The number of nitrogens with zero attached hydrogens (tertiary/aromatic N) is 1. The first-order valence-corrected chi connectivity index (χ1v) is 29.8. The first kappa shape index (κ1) is 37.4. The number of aliphatic hydroxyl groups is 1. The molecule has 0 saturated carbocycles. The van der Waals surface area contributed by atoms with E-state index in [2.05, 4.69) is 46.3 Å². The maximum absolute atomic E-state index is 11.3. The Morgan fingerprint density at radius 1 is 0.848 bits per heavy atom. The zero-order valence-corrected chi connectivity index (χ0v) is 28.9. The Morgan fingerprint density at radius 3 is 1.48 bits per heavy atom. The predicted octanol–water partition coefficient (Wildman–Crippen LogP) is 0.184. The van der Waals surface area contributed by atoms with Crippen LogP contribution in [-0.2, 0) is 4.74 Å². The second-order valence-electron chi connectivity index (χ2n) is 8.57. The van der Waals surface area contributed by atoms with Crippen LogP contribution in [-0.4, -0.2) is 78.3 Å². The van der Waals surface area contributed by atoms with Crippen LogP contribution < -0.4 is 42.6 Å². The fourth-order valence-electron chi connectivity index (χ4n) is 2.35. The molecule has 0 saturated heterocycles. The van der Waals surface area contributed by atoms with E-state index in [0.717, 1.165) is 7.11 Å². The second kappa shape index (κ2) is 19.1. The van der Waals surface area contributed by atoms with Crippen molar-refractivity contribution in [2.24, 2.45) is 5.84 Å². The Kier molecular flexibility index (Phi) is 21.6. The van der Waals surface area contributed by atoms with Crippen molar-refractivity contribution >= 4 is 55.9 Å². The average Bonchev–Trinajstić information content (AvgIpc) is 2.74. The third kappa shape index (κ3) is 16.2. The van der Waals surface area contributed by atoms with E-state index >= 15 is 0 Å². The van der Waals surface area contributed by atoms with Gasteiger partial charge in [-0.1, -0.05) is 0 Å². The molecule has 33 heavy (non-hydrogen) atoms. The number of rotatable bonds is 4. The molecule has 2 aromatic rings. The Bertz CT molecular complexity index is 840. The number of methoxy groups -OCH3 is 1. The summed E-state index contributed by atoms with van der Waals surface area (Å²) in [6.07, 6.45) is 0. The Morgan fingerprint density at radius 2 is 1.18 bits per heavy atom. The molecule has 0 bridgehead atoms. The van der Waals surface area contributed by atoms with Gasteiger partial charge >= 0.3 is 201 Å². The van der Waals surface area contributed by atoms with Crippen LogP contribution in [0, 0.1) is 0 Å². The number of hydrogen-bond donors (Lipinski definition) is 4. The van der Waals surface area contributed by atoms with Gasteiger partial charge in [-0.15, -0.1) is 0 Å². The number of aromatic carboxylic acids is 1. The minimum absolute atomic E-state index is 0. The van der Waals surface area contributed by atoms with Crippen molar-refractivity contribution in [1.29, 1.82) is 0 Å². The molecule has 0 atom stereocenters. The maximum atomic E-state index is 11.3. The fourth-order valence-corrected chi connectivity index (χ4v) is 9.11. The van der Waals surface area contributed by atoms with Crippen molar-refractivity contribution in [2.45, 2.75) is 29.6 Å². The number of nitrogens with two attached hydrogens (primary N) is 1. The number of ether oxygens (including phenoxy) is 1. The van der Waals surface area contributed by atoms with E-state index in [-0.39, 0.29) is 35.5 Å². The average molecular weight is 686 g/mol. The molecule has 0 radical (unpaired) electrons. The Labute approximate surface area is 227 Å². The number of carboxylic acid groups (broad SMARTS) is 1. The van der Waals surface area contributed by atoms with Crippen molar-refractivity contribution in [3.63, 3.8) is 0 Å². The molecule has 2 aromatic carbocycles. The Balaban J connectivity index is -0.000000446. The minimum atomic E-state index is -2.08. The van der Waals surface area contributed by atoms with Crippen LogP contribution in [0.25, 0.3) is 5.59 Å². The molecule has 2 rings (SSSR count). The molecule has 0 aliphatic rings. The van der Waals surface area contributed by atoms with Crippen LogP contribution in [0.5, 0.6) is 0 Å². The van der Waals surface area contributed by atoms with Gasteiger partial charge in [-0.05, 0) is 0 Å². The summed E-state index contributed by atoms with van der Waals surface area (Å²) in [4.78, 5) is 35.8. The molecule has 5 N–H and O–H groups in total. The van der Waals surface area contributed by atoms with E-state index in [9.17, 15) is 9.59 Å². The zero-order valence-electron chi connectivity index (χ0n) is 21.2. The van der Waals surface area contributed by atoms with Gasteiger partial charge in [-0.3, -0.25) is 0 Å². The number of carboxylic acids is 1. The largest absolute Gasteiger partial charge is 1.00 e. The number of carbonyl (C=O) groups excluding carboxylic acids is 1. The van der Waals surface area contributed by atoms with Gasteiger partial charge in [0.05, 0.1) is 0 Å². The van der Waals surface area contributed by atoms with Crippen LogP contribution in [0.1, 0.15) is 20.7 Å². The number of aliphatic hydroxyl groups excluding tert-OH is 1. The smallest absolute Gasteiger partial charge is 1.00 e. The molecule has 0 heterocycles. The summed E-state index contributed by atoms with van der Waals surface area (Å²) in [5.41, 5.74) is 3.07. The summed E-state index contributed by atoms with van der Waals surface area (Å²) < 4.78 is 7.30. The normalized spacial score (nSPS) is 9.91. The first-order chi connectivity index (χ1) is 14.8. The fraction of sp³-hybridized carbons (Fsp3) is 0.364. The van der Waals surface area contributed by atoms with Crippen LogP contribution in [0.3, 0.4) is 0 Å². The number of carbonyl (C=O) groups is 2. The van der Waals surface area contributed by atoms with Crippen molar-refractivity contribution < 1.29 is 59.3 Å². The molecule has 0 amide bonds. The Hall–Kier alpha value is -0.183. The van der Waals surface area contributed by atoms with Crippen molar-refractivity contribution in [2.75, 3.05) is 14.2 Å². The van der Waals surface area contributed by atoms with Crippen LogP contribution >= 0.6 is 0 Å². The molecule has 0 spiro atoms. The molecule has 0 aromatic heterocycles. The topological polar surface area (TPSA) is 144 Å². The van der Waals surface area contributed by atoms with E-state index in [0.29, 0.717) is 11.1 Å². The van der Waals surface area contributed by atoms with Crippen molar-refractivity contribution in [1.82, 2.24) is 0 Å². The summed E-state index contributed by atoms with van der Waals surface area (Å²) in [5.74, 6) is 2.94. The van der Waals surface area contributed by atoms with Gasteiger partial charge in [0.25, 0.3) is 0 Å². The van der Waals surface area contributed by atoms with E-state index in [1.54, 1.807) is 12.1 Å². The van der Waals surface area contributed by atoms with Crippen LogP contribution in [0.2, 0.25) is 29.6 Å². The molecular formula is C22H37N2NaO6Sn2. The predicted molar refractivity (Wildman–Crippen MR) is 135 cm³/mol. The molecule has 0 aliphatic heterocycles. The molecule has 0 aliphatic carbocycles. The maximum Gasteiger partial charge on any atom is 1.00 e. The van der Waals surface area contributed by atoms with Gasteiger partial charge in [-0.2, -0.15) is 0 Å². The monoisotopic (exact) mass is 688 g/mol. The molecule has 0 fully saturated rings. The van der Waals surface area contributed by atoms with Crippen molar-refractivity contribution in [3.8, 4) is 0 Å². The van der Waals surface area contributed by atoms with E-state index in [1.807, 2.05) is 35.9 Å². The molecule has 180 valence electrons. The first-order valence-electron chi connectivity index (χ1n) is 9.79. The van der Waals surface area contributed by atoms with E-state index in [4.69, 9.17) is 15.4 Å². The van der Waals surface area contributed by atoms with Gasteiger partial charge in [0.15, 0.2) is 0 Å². The summed E-state index contributed by atoms with van der Waals surface area (Å²) in [7, 11) is 2.41. The SMILES string of the molecule is CO.COC(=O)c1ccc[c]([Sn]([CH3])([CH3])[CH3])c1.N[N-]O.[CH3][Sn]([CH3])([CH3])[c]1cccc(C(=O)O)c1.[Na+]. The third-order valence-corrected chi connectivity index (χ3v) is 15.8. The van der Waals surface area contributed by atoms with Crippen LogP contribution in [0.15, 0.2) is 48.5 Å². The summed E-state index contributed by atoms with van der Waals surface area (Å²) in [6.45, 7) is 0. The van der Waals surface area contributed by atoms with Gasteiger partial charge in [0, 0.05) is 7.11 Å². The summed E-state index contributed by atoms with van der Waals surface area (Å²) in [6, 6.07) is 15.2.